The van der Waals surface area contributed by atoms with E-state index in [2.05, 4.69) is 58.8 Å². The Balaban J connectivity index is 4.59. The van der Waals surface area contributed by atoms with Crippen LogP contribution in [0, 0.1) is 5.41 Å². The molecule has 0 rings (SSSR count). The minimum Gasteiger partial charge on any atom is -0.378 e. The van der Waals surface area contributed by atoms with Gasteiger partial charge in [0.05, 0.1) is 12.7 Å². The molecule has 0 bridgehead atoms. The highest BCUT2D eigenvalue weighted by molar-refractivity contribution is 4.79. The van der Waals surface area contributed by atoms with E-state index in [0.717, 1.165) is 19.4 Å². The van der Waals surface area contributed by atoms with Gasteiger partial charge in [-0.25, -0.2) is 0 Å². The molecule has 0 aliphatic rings. The summed E-state index contributed by atoms with van der Waals surface area (Å²) in [5.74, 6) is 0. The average molecular weight is 315 g/mol. The number of hydrogen-bond acceptors (Lipinski definition) is 3. The lowest BCUT2D eigenvalue weighted by Crippen LogP contribution is -2.31. The Kier molecular flexibility index (Phi) is 12.3. The van der Waals surface area contributed by atoms with E-state index in [0.29, 0.717) is 11.5 Å². The molecule has 0 aliphatic carbocycles. The smallest absolute Gasteiger partial charge is 0.0570 e. The summed E-state index contributed by atoms with van der Waals surface area (Å²) in [4.78, 5) is 4.59. The van der Waals surface area contributed by atoms with Crippen LogP contribution in [-0.2, 0) is 4.74 Å². The number of hydrogen-bond donors (Lipinski definition) is 0. The van der Waals surface area contributed by atoms with Crippen molar-refractivity contribution in [1.29, 1.82) is 0 Å². The molecule has 0 unspecified atom stereocenters. The Morgan fingerprint density at radius 3 is 1.59 bits per heavy atom. The third-order valence-electron chi connectivity index (χ3n) is 4.91. The van der Waals surface area contributed by atoms with Crippen molar-refractivity contribution in [3.63, 3.8) is 0 Å². The Bertz CT molecular complexity index is 236. The van der Waals surface area contributed by atoms with Crippen molar-refractivity contribution in [1.82, 2.24) is 9.80 Å². The van der Waals surface area contributed by atoms with Gasteiger partial charge in [0.2, 0.25) is 0 Å². The summed E-state index contributed by atoms with van der Waals surface area (Å²) in [5, 5.41) is 0. The van der Waals surface area contributed by atoms with E-state index in [9.17, 15) is 0 Å². The largest absolute Gasteiger partial charge is 0.378 e. The summed E-state index contributed by atoms with van der Waals surface area (Å²) in [5.41, 5.74) is 0.370. The zero-order valence-corrected chi connectivity index (χ0v) is 16.5. The van der Waals surface area contributed by atoms with Crippen LogP contribution in [0.2, 0.25) is 0 Å². The van der Waals surface area contributed by atoms with Crippen LogP contribution < -0.4 is 0 Å². The van der Waals surface area contributed by atoms with Crippen molar-refractivity contribution in [2.24, 2.45) is 5.41 Å². The zero-order chi connectivity index (χ0) is 17.0. The molecule has 22 heavy (non-hydrogen) atoms. The van der Waals surface area contributed by atoms with E-state index in [1.54, 1.807) is 0 Å². The molecule has 0 amide bonds. The van der Waals surface area contributed by atoms with Gasteiger partial charge in [-0.05, 0) is 91.6 Å². The van der Waals surface area contributed by atoms with Gasteiger partial charge in [0, 0.05) is 0 Å². The molecule has 0 N–H and O–H groups in total. The van der Waals surface area contributed by atoms with Crippen molar-refractivity contribution in [3.8, 4) is 0 Å². The second kappa shape index (κ2) is 12.3. The van der Waals surface area contributed by atoms with Gasteiger partial charge >= 0.3 is 0 Å². The molecule has 0 saturated carbocycles. The van der Waals surface area contributed by atoms with E-state index in [1.165, 1.54) is 45.2 Å². The molecular formula is C19H42N2O. The molecule has 0 heterocycles. The van der Waals surface area contributed by atoms with Crippen molar-refractivity contribution in [2.75, 3.05) is 47.9 Å². The molecule has 0 aromatic rings. The third-order valence-corrected chi connectivity index (χ3v) is 4.91. The first-order valence-electron chi connectivity index (χ1n) is 9.30. The quantitative estimate of drug-likeness (QED) is 0.476. The van der Waals surface area contributed by atoms with E-state index in [-0.39, 0.29) is 0 Å². The summed E-state index contributed by atoms with van der Waals surface area (Å²) in [6, 6.07) is 0. The first-order valence-corrected chi connectivity index (χ1v) is 9.30. The van der Waals surface area contributed by atoms with Gasteiger partial charge in [0.25, 0.3) is 0 Å². The molecular weight excluding hydrogens is 272 g/mol. The molecule has 0 saturated heterocycles. The first-order chi connectivity index (χ1) is 10.4. The molecule has 3 heteroatoms. The van der Waals surface area contributed by atoms with Crippen molar-refractivity contribution < 1.29 is 4.74 Å². The second-order valence-electron chi connectivity index (χ2n) is 7.42. The highest BCUT2D eigenvalue weighted by Crippen LogP contribution is 2.35. The second-order valence-corrected chi connectivity index (χ2v) is 7.42. The van der Waals surface area contributed by atoms with Crippen LogP contribution in [-0.4, -0.2) is 63.8 Å². The van der Waals surface area contributed by atoms with Gasteiger partial charge in [0.1, 0.15) is 0 Å². The summed E-state index contributed by atoms with van der Waals surface area (Å²) >= 11 is 0. The van der Waals surface area contributed by atoms with Crippen molar-refractivity contribution in [3.05, 3.63) is 0 Å². The lowest BCUT2D eigenvalue weighted by atomic mass is 9.77. The summed E-state index contributed by atoms with van der Waals surface area (Å²) in [6.45, 7) is 10.1. The van der Waals surface area contributed by atoms with Crippen LogP contribution in [0.5, 0.6) is 0 Å². The Morgan fingerprint density at radius 2 is 1.27 bits per heavy atom. The van der Waals surface area contributed by atoms with Crippen LogP contribution in [0.3, 0.4) is 0 Å². The standard InChI is InChI=1S/C19H42N2O/c1-8-18(9-2)22-17-19(10-3,13-11-15-20(4)5)14-12-16-21(6)7/h18H,8-17H2,1-7H3. The van der Waals surface area contributed by atoms with Crippen LogP contribution in [0.4, 0.5) is 0 Å². The fraction of sp³-hybridized carbons (Fsp3) is 1.00. The third kappa shape index (κ3) is 9.81. The lowest BCUT2D eigenvalue weighted by molar-refractivity contribution is -0.0246. The molecule has 0 aromatic heterocycles. The molecule has 0 radical (unpaired) electrons. The molecule has 0 aromatic carbocycles. The van der Waals surface area contributed by atoms with E-state index >= 15 is 0 Å². The summed E-state index contributed by atoms with van der Waals surface area (Å²) < 4.78 is 6.28. The Morgan fingerprint density at radius 1 is 0.818 bits per heavy atom. The maximum Gasteiger partial charge on any atom is 0.0570 e. The topological polar surface area (TPSA) is 15.7 Å². The highest BCUT2D eigenvalue weighted by Gasteiger charge is 2.28. The summed E-state index contributed by atoms with van der Waals surface area (Å²) in [6.07, 6.45) is 9.05. The van der Waals surface area contributed by atoms with E-state index in [1.807, 2.05) is 0 Å². The molecule has 0 spiro atoms. The van der Waals surface area contributed by atoms with Crippen LogP contribution >= 0.6 is 0 Å². The number of nitrogens with zero attached hydrogens (tertiary/aromatic N) is 2. The van der Waals surface area contributed by atoms with E-state index < -0.39 is 0 Å². The maximum absolute atomic E-state index is 6.28. The maximum atomic E-state index is 6.28. The van der Waals surface area contributed by atoms with Gasteiger partial charge < -0.3 is 14.5 Å². The van der Waals surface area contributed by atoms with Crippen molar-refractivity contribution in [2.45, 2.75) is 71.8 Å². The first kappa shape index (κ1) is 21.9. The number of ether oxygens (including phenoxy) is 1. The normalized spacial score (nSPS) is 12.8. The SMILES string of the molecule is CCC(CC)OCC(CC)(CCCN(C)C)CCCN(C)C. The molecule has 0 fully saturated rings. The predicted molar refractivity (Wildman–Crippen MR) is 98.6 cm³/mol. The van der Waals surface area contributed by atoms with Gasteiger partial charge in [-0.1, -0.05) is 20.8 Å². The van der Waals surface area contributed by atoms with Gasteiger partial charge in [-0.3, -0.25) is 0 Å². The van der Waals surface area contributed by atoms with Crippen LogP contribution in [0.1, 0.15) is 65.7 Å². The molecule has 134 valence electrons. The number of rotatable bonds is 14. The minimum absolute atomic E-state index is 0.370. The fourth-order valence-electron chi connectivity index (χ4n) is 3.08. The molecule has 0 atom stereocenters. The van der Waals surface area contributed by atoms with Gasteiger partial charge in [-0.2, -0.15) is 0 Å². The lowest BCUT2D eigenvalue weighted by Gasteiger charge is -2.35. The minimum atomic E-state index is 0.370. The Labute approximate surface area is 140 Å². The molecule has 3 nitrogen and oxygen atoms in total. The molecule has 0 aliphatic heterocycles. The van der Waals surface area contributed by atoms with Gasteiger partial charge in [-0.15, -0.1) is 0 Å². The van der Waals surface area contributed by atoms with E-state index in [4.69, 9.17) is 4.74 Å². The summed E-state index contributed by atoms with van der Waals surface area (Å²) in [7, 11) is 8.67. The highest BCUT2D eigenvalue weighted by atomic mass is 16.5. The Hall–Kier alpha value is -0.120. The van der Waals surface area contributed by atoms with Crippen LogP contribution in [0.15, 0.2) is 0 Å². The fourth-order valence-corrected chi connectivity index (χ4v) is 3.08. The average Bonchev–Trinajstić information content (AvgIpc) is 2.46. The van der Waals surface area contributed by atoms with Gasteiger partial charge in [0.15, 0.2) is 0 Å². The monoisotopic (exact) mass is 314 g/mol. The van der Waals surface area contributed by atoms with Crippen molar-refractivity contribution >= 4 is 0 Å². The van der Waals surface area contributed by atoms with Crippen LogP contribution in [0.25, 0.3) is 0 Å². The predicted octanol–water partition coefficient (Wildman–Crippen LogP) is 4.27. The zero-order valence-electron chi connectivity index (χ0n) is 16.5.